The van der Waals surface area contributed by atoms with E-state index < -0.39 is 0 Å². The van der Waals surface area contributed by atoms with Gasteiger partial charge in [0.05, 0.1) is 13.2 Å². The number of carbonyl (C=O) groups is 1. The van der Waals surface area contributed by atoms with Crippen LogP contribution in [0.5, 0.6) is 11.5 Å². The molecule has 0 saturated carbocycles. The fourth-order valence-electron chi connectivity index (χ4n) is 3.15. The molecule has 1 atom stereocenters. The normalized spacial score (nSPS) is 17.8. The first-order chi connectivity index (χ1) is 12.6. The third kappa shape index (κ3) is 3.96. The molecule has 2 aromatic carbocycles. The molecule has 138 valence electrons. The number of carbonyl (C=O) groups excluding carboxylic acids is 1. The molecular weight excluding hydrogens is 335 g/mol. The molecule has 1 unspecified atom stereocenters. The highest BCUT2D eigenvalue weighted by Crippen LogP contribution is 2.27. The average Bonchev–Trinajstić information content (AvgIpc) is 2.67. The van der Waals surface area contributed by atoms with Gasteiger partial charge in [-0.25, -0.2) is 4.39 Å². The molecule has 1 aliphatic rings. The zero-order valence-electron chi connectivity index (χ0n) is 15.0. The topological polar surface area (TPSA) is 42.0 Å². The summed E-state index contributed by atoms with van der Waals surface area (Å²) in [5.74, 6) is 0.750. The molecule has 2 aromatic rings. The van der Waals surface area contributed by atoms with Gasteiger partial charge in [-0.15, -0.1) is 0 Å². The Labute approximate surface area is 152 Å². The van der Waals surface area contributed by atoms with Gasteiger partial charge in [-0.1, -0.05) is 30.3 Å². The van der Waals surface area contributed by atoms with E-state index in [2.05, 4.69) is 4.90 Å². The summed E-state index contributed by atoms with van der Waals surface area (Å²) in [7, 11) is 3.51. The number of ether oxygens (including phenoxy) is 2. The van der Waals surface area contributed by atoms with E-state index in [-0.39, 0.29) is 24.4 Å². The maximum atomic E-state index is 14.2. The van der Waals surface area contributed by atoms with Crippen molar-refractivity contribution in [1.29, 1.82) is 0 Å². The van der Waals surface area contributed by atoms with Crippen molar-refractivity contribution >= 4 is 5.91 Å². The Hall–Kier alpha value is -2.60. The predicted octanol–water partition coefficient (Wildman–Crippen LogP) is 2.73. The lowest BCUT2D eigenvalue weighted by Gasteiger charge is -2.39. The number of methoxy groups -OCH3 is 1. The Morgan fingerprint density at radius 1 is 1.12 bits per heavy atom. The first-order valence-electron chi connectivity index (χ1n) is 8.58. The molecule has 0 radical (unpaired) electrons. The van der Waals surface area contributed by atoms with Gasteiger partial charge in [0, 0.05) is 25.2 Å². The Balaban J connectivity index is 1.65. The molecule has 1 heterocycles. The highest BCUT2D eigenvalue weighted by molar-refractivity contribution is 5.78. The minimum absolute atomic E-state index is 0.0753. The second-order valence-corrected chi connectivity index (χ2v) is 6.30. The molecule has 1 saturated heterocycles. The van der Waals surface area contributed by atoms with Gasteiger partial charge < -0.3 is 14.4 Å². The Bertz CT molecular complexity index is 768. The highest BCUT2D eigenvalue weighted by Gasteiger charge is 2.30. The van der Waals surface area contributed by atoms with Crippen molar-refractivity contribution in [2.24, 2.45) is 0 Å². The van der Waals surface area contributed by atoms with E-state index >= 15 is 0 Å². The molecular formula is C20H23FN2O3. The van der Waals surface area contributed by atoms with E-state index in [4.69, 9.17) is 9.47 Å². The van der Waals surface area contributed by atoms with Crippen LogP contribution in [0.15, 0.2) is 48.5 Å². The standard InChI is InChI=1S/C20H23FN2O3/c1-22-11-12-23(13-17(22)15-7-3-4-8-16(15)21)20(24)14-26-19-10-6-5-9-18(19)25-2/h3-10,17H,11-14H2,1-2H3. The van der Waals surface area contributed by atoms with Crippen LogP contribution in [0.3, 0.4) is 0 Å². The second kappa shape index (κ2) is 8.19. The molecule has 5 nitrogen and oxygen atoms in total. The number of hydrogen-bond acceptors (Lipinski definition) is 4. The summed E-state index contributed by atoms with van der Waals surface area (Å²) in [6.07, 6.45) is 0. The lowest BCUT2D eigenvalue weighted by atomic mass is 10.0. The molecule has 3 rings (SSSR count). The third-order valence-electron chi connectivity index (χ3n) is 4.69. The summed E-state index contributed by atoms with van der Waals surface area (Å²) in [5, 5.41) is 0. The fraction of sp³-hybridized carbons (Fsp3) is 0.350. The van der Waals surface area contributed by atoms with Crippen LogP contribution in [0.1, 0.15) is 11.6 Å². The summed E-state index contributed by atoms with van der Waals surface area (Å²) in [4.78, 5) is 16.4. The zero-order valence-corrected chi connectivity index (χ0v) is 15.0. The van der Waals surface area contributed by atoms with Crippen LogP contribution in [0.2, 0.25) is 0 Å². The Kier molecular flexibility index (Phi) is 5.73. The van der Waals surface area contributed by atoms with Crippen LogP contribution in [-0.2, 0) is 4.79 Å². The number of rotatable bonds is 5. The molecule has 1 aliphatic heterocycles. The Morgan fingerprint density at radius 2 is 1.81 bits per heavy atom. The van der Waals surface area contributed by atoms with Crippen LogP contribution in [-0.4, -0.2) is 56.1 Å². The molecule has 0 aromatic heterocycles. The van der Waals surface area contributed by atoms with Crippen molar-refractivity contribution in [3.8, 4) is 11.5 Å². The summed E-state index contributed by atoms with van der Waals surface area (Å²) in [6, 6.07) is 13.8. The summed E-state index contributed by atoms with van der Waals surface area (Å²) < 4.78 is 25.0. The number of hydrogen-bond donors (Lipinski definition) is 0. The number of nitrogens with zero attached hydrogens (tertiary/aromatic N) is 2. The molecule has 0 aliphatic carbocycles. The number of para-hydroxylation sites is 2. The van der Waals surface area contributed by atoms with Crippen LogP contribution >= 0.6 is 0 Å². The van der Waals surface area contributed by atoms with Crippen molar-refractivity contribution in [3.63, 3.8) is 0 Å². The minimum atomic E-state index is -0.246. The maximum absolute atomic E-state index is 14.2. The van der Waals surface area contributed by atoms with Crippen molar-refractivity contribution < 1.29 is 18.7 Å². The van der Waals surface area contributed by atoms with Crippen molar-refractivity contribution in [2.45, 2.75) is 6.04 Å². The van der Waals surface area contributed by atoms with Gasteiger partial charge in [0.15, 0.2) is 18.1 Å². The molecule has 6 heteroatoms. The summed E-state index contributed by atoms with van der Waals surface area (Å²) >= 11 is 0. The van der Waals surface area contributed by atoms with E-state index in [1.165, 1.54) is 6.07 Å². The van der Waals surface area contributed by atoms with Gasteiger partial charge in [0.25, 0.3) is 5.91 Å². The van der Waals surface area contributed by atoms with Crippen LogP contribution < -0.4 is 9.47 Å². The molecule has 0 bridgehead atoms. The van der Waals surface area contributed by atoms with Gasteiger partial charge in [-0.3, -0.25) is 9.69 Å². The Morgan fingerprint density at radius 3 is 2.54 bits per heavy atom. The molecule has 1 amide bonds. The quantitative estimate of drug-likeness (QED) is 0.824. The van der Waals surface area contributed by atoms with Crippen molar-refractivity contribution in [1.82, 2.24) is 9.80 Å². The maximum Gasteiger partial charge on any atom is 0.260 e. The van der Waals surface area contributed by atoms with Crippen molar-refractivity contribution in [3.05, 3.63) is 59.9 Å². The predicted molar refractivity (Wildman–Crippen MR) is 96.8 cm³/mol. The van der Waals surface area contributed by atoms with Gasteiger partial charge in [-0.2, -0.15) is 0 Å². The molecule has 26 heavy (non-hydrogen) atoms. The van der Waals surface area contributed by atoms with E-state index in [0.717, 1.165) is 0 Å². The van der Waals surface area contributed by atoms with Gasteiger partial charge >= 0.3 is 0 Å². The lowest BCUT2D eigenvalue weighted by Crippen LogP contribution is -2.50. The number of benzene rings is 2. The molecule has 0 spiro atoms. The molecule has 0 N–H and O–H groups in total. The highest BCUT2D eigenvalue weighted by atomic mass is 19.1. The SMILES string of the molecule is COc1ccccc1OCC(=O)N1CCN(C)C(c2ccccc2F)C1. The van der Waals surface area contributed by atoms with Gasteiger partial charge in [0.1, 0.15) is 5.82 Å². The smallest absolute Gasteiger partial charge is 0.260 e. The van der Waals surface area contributed by atoms with E-state index in [1.807, 2.05) is 25.2 Å². The second-order valence-electron chi connectivity index (χ2n) is 6.30. The van der Waals surface area contributed by atoms with Crippen molar-refractivity contribution in [2.75, 3.05) is 40.4 Å². The molecule has 1 fully saturated rings. The van der Waals surface area contributed by atoms with Gasteiger partial charge in [-0.05, 0) is 25.2 Å². The zero-order chi connectivity index (χ0) is 18.5. The number of halogens is 1. The van der Waals surface area contributed by atoms with Crippen LogP contribution in [0.25, 0.3) is 0 Å². The third-order valence-corrected chi connectivity index (χ3v) is 4.69. The van der Waals surface area contributed by atoms with Gasteiger partial charge in [0.2, 0.25) is 0 Å². The van der Waals surface area contributed by atoms with E-state index in [0.29, 0.717) is 36.7 Å². The average molecular weight is 358 g/mol. The lowest BCUT2D eigenvalue weighted by molar-refractivity contribution is -0.136. The number of likely N-dealkylation sites (N-methyl/N-ethyl adjacent to an activating group) is 1. The van der Waals surface area contributed by atoms with E-state index in [9.17, 15) is 9.18 Å². The number of piperazine rings is 1. The minimum Gasteiger partial charge on any atom is -0.493 e. The first-order valence-corrected chi connectivity index (χ1v) is 8.58. The first kappa shape index (κ1) is 18.2. The van der Waals surface area contributed by atoms with E-state index in [1.54, 1.807) is 36.3 Å². The van der Waals surface area contributed by atoms with Crippen LogP contribution in [0, 0.1) is 5.82 Å². The largest absolute Gasteiger partial charge is 0.493 e. The monoisotopic (exact) mass is 358 g/mol. The number of amides is 1. The summed E-state index contributed by atoms with van der Waals surface area (Å²) in [5.41, 5.74) is 0.609. The van der Waals surface area contributed by atoms with Crippen LogP contribution in [0.4, 0.5) is 4.39 Å². The summed E-state index contributed by atoms with van der Waals surface area (Å²) in [6.45, 7) is 1.63. The fourth-order valence-corrected chi connectivity index (χ4v) is 3.15.